The molecule has 1 fully saturated rings. The SMILES string of the molecule is CCC(C)(C)C1OC(CO)C(O)C1O. The summed E-state index contributed by atoms with van der Waals surface area (Å²) in [4.78, 5) is 0. The van der Waals surface area contributed by atoms with Gasteiger partial charge in [0.15, 0.2) is 0 Å². The Bertz CT molecular complexity index is 193. The van der Waals surface area contributed by atoms with Crippen LogP contribution in [0.4, 0.5) is 0 Å². The van der Waals surface area contributed by atoms with E-state index in [4.69, 9.17) is 9.84 Å². The lowest BCUT2D eigenvalue weighted by atomic mass is 9.81. The van der Waals surface area contributed by atoms with Crippen LogP contribution in [-0.2, 0) is 4.74 Å². The summed E-state index contributed by atoms with van der Waals surface area (Å²) in [5.41, 5.74) is -0.190. The first-order valence-corrected chi connectivity index (χ1v) is 5.06. The number of ether oxygens (including phenoxy) is 1. The van der Waals surface area contributed by atoms with E-state index in [0.717, 1.165) is 6.42 Å². The molecule has 1 saturated heterocycles. The van der Waals surface area contributed by atoms with Gasteiger partial charge in [0.2, 0.25) is 0 Å². The maximum Gasteiger partial charge on any atom is 0.111 e. The van der Waals surface area contributed by atoms with Crippen molar-refractivity contribution in [2.24, 2.45) is 5.41 Å². The van der Waals surface area contributed by atoms with E-state index in [-0.39, 0.29) is 12.0 Å². The third-order valence-corrected chi connectivity index (χ3v) is 3.22. The van der Waals surface area contributed by atoms with Crippen molar-refractivity contribution >= 4 is 0 Å². The van der Waals surface area contributed by atoms with Crippen LogP contribution in [0.2, 0.25) is 0 Å². The fourth-order valence-corrected chi connectivity index (χ4v) is 1.75. The standard InChI is InChI=1S/C10H20O4/c1-4-10(2,3)9-8(13)7(12)6(5-11)14-9/h6-9,11-13H,4-5H2,1-3H3. The van der Waals surface area contributed by atoms with Gasteiger partial charge in [0.05, 0.1) is 12.7 Å². The minimum absolute atomic E-state index is 0.190. The summed E-state index contributed by atoms with van der Waals surface area (Å²) in [6, 6.07) is 0. The molecule has 0 saturated carbocycles. The molecule has 1 heterocycles. The largest absolute Gasteiger partial charge is 0.394 e. The van der Waals surface area contributed by atoms with E-state index in [1.807, 2.05) is 20.8 Å². The summed E-state index contributed by atoms with van der Waals surface area (Å²) in [6.45, 7) is 5.71. The number of hydrogen-bond acceptors (Lipinski definition) is 4. The van der Waals surface area contributed by atoms with E-state index in [9.17, 15) is 10.2 Å². The van der Waals surface area contributed by atoms with Crippen LogP contribution in [0, 0.1) is 5.41 Å². The molecule has 0 amide bonds. The Hall–Kier alpha value is -0.160. The van der Waals surface area contributed by atoms with E-state index in [1.54, 1.807) is 0 Å². The predicted octanol–water partition coefficient (Wildman–Crippen LogP) is -0.0959. The third kappa shape index (κ3) is 1.93. The molecular formula is C10H20O4. The molecule has 0 aliphatic carbocycles. The Balaban J connectivity index is 2.74. The van der Waals surface area contributed by atoms with Crippen LogP contribution in [-0.4, -0.2) is 46.3 Å². The first-order chi connectivity index (χ1) is 6.44. The zero-order valence-corrected chi connectivity index (χ0v) is 8.97. The molecule has 4 atom stereocenters. The Morgan fingerprint density at radius 3 is 2.14 bits per heavy atom. The van der Waals surface area contributed by atoms with Crippen molar-refractivity contribution in [1.82, 2.24) is 0 Å². The average molecular weight is 204 g/mol. The Morgan fingerprint density at radius 2 is 1.79 bits per heavy atom. The minimum Gasteiger partial charge on any atom is -0.394 e. The molecule has 0 aromatic heterocycles. The summed E-state index contributed by atoms with van der Waals surface area (Å²) in [5.74, 6) is 0. The van der Waals surface area contributed by atoms with Gasteiger partial charge in [-0.1, -0.05) is 20.8 Å². The minimum atomic E-state index is -0.976. The highest BCUT2D eigenvalue weighted by molar-refractivity contribution is 4.96. The number of aliphatic hydroxyl groups is 3. The third-order valence-electron chi connectivity index (χ3n) is 3.22. The average Bonchev–Trinajstić information content (AvgIpc) is 2.44. The van der Waals surface area contributed by atoms with Crippen molar-refractivity contribution in [1.29, 1.82) is 0 Å². The first kappa shape index (κ1) is 11.9. The molecule has 84 valence electrons. The topological polar surface area (TPSA) is 69.9 Å². The summed E-state index contributed by atoms with van der Waals surface area (Å²) >= 11 is 0. The second kappa shape index (κ2) is 4.14. The molecule has 0 spiro atoms. The fourth-order valence-electron chi connectivity index (χ4n) is 1.75. The highest BCUT2D eigenvalue weighted by Crippen LogP contribution is 2.36. The smallest absolute Gasteiger partial charge is 0.111 e. The van der Waals surface area contributed by atoms with Crippen molar-refractivity contribution in [3.05, 3.63) is 0 Å². The van der Waals surface area contributed by atoms with E-state index in [2.05, 4.69) is 0 Å². The summed E-state index contributed by atoms with van der Waals surface area (Å²) in [5, 5.41) is 28.2. The molecule has 0 bridgehead atoms. The van der Waals surface area contributed by atoms with Gasteiger partial charge in [-0.15, -0.1) is 0 Å². The number of rotatable bonds is 3. The van der Waals surface area contributed by atoms with Crippen LogP contribution < -0.4 is 0 Å². The molecule has 14 heavy (non-hydrogen) atoms. The lowest BCUT2D eigenvalue weighted by Crippen LogP contribution is -2.40. The van der Waals surface area contributed by atoms with E-state index >= 15 is 0 Å². The van der Waals surface area contributed by atoms with Gasteiger partial charge < -0.3 is 20.1 Å². The molecule has 0 radical (unpaired) electrons. The first-order valence-electron chi connectivity index (χ1n) is 5.06. The molecule has 0 aromatic rings. The van der Waals surface area contributed by atoms with Gasteiger partial charge in [0.25, 0.3) is 0 Å². The second-order valence-electron chi connectivity index (χ2n) is 4.60. The van der Waals surface area contributed by atoms with Crippen molar-refractivity contribution in [2.45, 2.75) is 51.6 Å². The second-order valence-corrected chi connectivity index (χ2v) is 4.60. The zero-order valence-electron chi connectivity index (χ0n) is 8.97. The zero-order chi connectivity index (χ0) is 10.9. The molecule has 1 rings (SSSR count). The predicted molar refractivity (Wildman–Crippen MR) is 51.8 cm³/mol. The molecule has 4 nitrogen and oxygen atoms in total. The molecular weight excluding hydrogens is 184 g/mol. The number of aliphatic hydroxyl groups excluding tert-OH is 3. The van der Waals surface area contributed by atoms with Crippen LogP contribution >= 0.6 is 0 Å². The summed E-state index contributed by atoms with van der Waals surface area (Å²) in [6.07, 6.45) is -2.09. The molecule has 3 N–H and O–H groups in total. The molecule has 4 heteroatoms. The van der Waals surface area contributed by atoms with Gasteiger partial charge in [-0.05, 0) is 11.8 Å². The lowest BCUT2D eigenvalue weighted by Gasteiger charge is -2.31. The normalized spacial score (nSPS) is 39.0. The van der Waals surface area contributed by atoms with Gasteiger partial charge in [0.1, 0.15) is 18.3 Å². The van der Waals surface area contributed by atoms with Crippen molar-refractivity contribution in [3.63, 3.8) is 0 Å². The van der Waals surface area contributed by atoms with Gasteiger partial charge in [-0.2, -0.15) is 0 Å². The van der Waals surface area contributed by atoms with Gasteiger partial charge in [-0.25, -0.2) is 0 Å². The Kier molecular flexibility index (Phi) is 3.53. The van der Waals surface area contributed by atoms with Crippen LogP contribution in [0.5, 0.6) is 0 Å². The van der Waals surface area contributed by atoms with Crippen LogP contribution in [0.25, 0.3) is 0 Å². The molecule has 4 unspecified atom stereocenters. The Morgan fingerprint density at radius 1 is 1.21 bits per heavy atom. The van der Waals surface area contributed by atoms with Crippen LogP contribution in [0.3, 0.4) is 0 Å². The summed E-state index contributed by atoms with van der Waals surface area (Å²) in [7, 11) is 0. The van der Waals surface area contributed by atoms with Gasteiger partial charge in [-0.3, -0.25) is 0 Å². The fraction of sp³-hybridized carbons (Fsp3) is 1.00. The van der Waals surface area contributed by atoms with Crippen LogP contribution in [0.15, 0.2) is 0 Å². The van der Waals surface area contributed by atoms with Crippen molar-refractivity contribution in [2.75, 3.05) is 6.61 Å². The Labute approximate surface area is 84.5 Å². The van der Waals surface area contributed by atoms with E-state index in [1.165, 1.54) is 0 Å². The van der Waals surface area contributed by atoms with E-state index < -0.39 is 24.4 Å². The molecule has 0 aromatic carbocycles. The maximum atomic E-state index is 9.74. The van der Waals surface area contributed by atoms with Gasteiger partial charge >= 0.3 is 0 Å². The van der Waals surface area contributed by atoms with Crippen molar-refractivity contribution < 1.29 is 20.1 Å². The lowest BCUT2D eigenvalue weighted by molar-refractivity contribution is -0.0708. The highest BCUT2D eigenvalue weighted by atomic mass is 16.6. The van der Waals surface area contributed by atoms with Gasteiger partial charge in [0, 0.05) is 0 Å². The molecule has 1 aliphatic heterocycles. The summed E-state index contributed by atoms with van der Waals surface area (Å²) < 4.78 is 5.44. The van der Waals surface area contributed by atoms with Crippen LogP contribution in [0.1, 0.15) is 27.2 Å². The van der Waals surface area contributed by atoms with E-state index in [0.29, 0.717) is 0 Å². The molecule has 1 aliphatic rings. The van der Waals surface area contributed by atoms with Crippen molar-refractivity contribution in [3.8, 4) is 0 Å². The number of hydrogen-bond donors (Lipinski definition) is 3. The highest BCUT2D eigenvalue weighted by Gasteiger charge is 2.48. The maximum absolute atomic E-state index is 9.74. The quantitative estimate of drug-likeness (QED) is 0.600. The monoisotopic (exact) mass is 204 g/mol.